The zero-order valence-electron chi connectivity index (χ0n) is 20.0. The van der Waals surface area contributed by atoms with Crippen molar-refractivity contribution in [1.29, 1.82) is 0 Å². The maximum atomic E-state index is 12.9. The zero-order chi connectivity index (χ0) is 25.1. The van der Waals surface area contributed by atoms with Gasteiger partial charge in [-0.15, -0.1) is 0 Å². The number of aromatic nitrogens is 4. The van der Waals surface area contributed by atoms with Crippen LogP contribution in [0.25, 0.3) is 23.3 Å². The Morgan fingerprint density at radius 3 is 2.37 bits per heavy atom. The topological polar surface area (TPSA) is 97.4 Å². The number of carbonyl (C=O) groups excluding carboxylic acids is 1. The highest BCUT2D eigenvalue weighted by molar-refractivity contribution is 5.91. The monoisotopic (exact) mass is 474 g/mol. The van der Waals surface area contributed by atoms with Gasteiger partial charge in [-0.05, 0) is 56.3 Å². The number of imidazole rings is 1. The van der Waals surface area contributed by atoms with E-state index in [0.29, 0.717) is 46.2 Å². The second-order valence-corrected chi connectivity index (χ2v) is 7.77. The molecule has 0 aliphatic rings. The molecule has 9 nitrogen and oxygen atoms in total. The van der Waals surface area contributed by atoms with Crippen molar-refractivity contribution in [2.45, 2.75) is 26.9 Å². The smallest absolute Gasteiger partial charge is 0.343 e. The van der Waals surface area contributed by atoms with Crippen molar-refractivity contribution in [2.24, 2.45) is 7.05 Å². The fourth-order valence-electron chi connectivity index (χ4n) is 3.87. The molecular weight excluding hydrogens is 448 g/mol. The molecule has 0 spiro atoms. The number of esters is 1. The SMILES string of the molecule is CCn1c(=O)c2c(nc(/C=C/c3cc(OC)ccc3OC(=O)c3ccccc3)n2C)n(CC)c1=O. The molecule has 2 aromatic heterocycles. The van der Waals surface area contributed by atoms with E-state index in [1.165, 1.54) is 9.13 Å². The highest BCUT2D eigenvalue weighted by Crippen LogP contribution is 2.27. The van der Waals surface area contributed by atoms with E-state index in [-0.39, 0.29) is 17.8 Å². The molecule has 0 saturated heterocycles. The number of benzene rings is 2. The van der Waals surface area contributed by atoms with Crippen molar-refractivity contribution in [1.82, 2.24) is 18.7 Å². The number of aryl methyl sites for hydroxylation is 2. The van der Waals surface area contributed by atoms with E-state index < -0.39 is 5.97 Å². The van der Waals surface area contributed by atoms with Gasteiger partial charge >= 0.3 is 11.7 Å². The lowest BCUT2D eigenvalue weighted by Gasteiger charge is -2.09. The number of rotatable bonds is 7. The van der Waals surface area contributed by atoms with Crippen molar-refractivity contribution in [3.8, 4) is 11.5 Å². The molecule has 0 aliphatic heterocycles. The van der Waals surface area contributed by atoms with Crippen molar-refractivity contribution in [3.05, 3.63) is 86.3 Å². The van der Waals surface area contributed by atoms with Gasteiger partial charge in [0.1, 0.15) is 17.3 Å². The van der Waals surface area contributed by atoms with Gasteiger partial charge in [0.05, 0.1) is 12.7 Å². The Balaban J connectivity index is 1.78. The molecule has 2 aromatic carbocycles. The summed E-state index contributed by atoms with van der Waals surface area (Å²) in [6, 6.07) is 13.8. The van der Waals surface area contributed by atoms with E-state index in [9.17, 15) is 14.4 Å². The lowest BCUT2D eigenvalue weighted by molar-refractivity contribution is 0.0734. The first-order chi connectivity index (χ1) is 16.9. The number of hydrogen-bond acceptors (Lipinski definition) is 6. The summed E-state index contributed by atoms with van der Waals surface area (Å²) in [4.78, 5) is 42.8. The molecule has 0 bridgehead atoms. The number of carbonyl (C=O) groups is 1. The van der Waals surface area contributed by atoms with Gasteiger partial charge in [0, 0.05) is 25.7 Å². The maximum absolute atomic E-state index is 12.9. The third kappa shape index (κ3) is 4.40. The van der Waals surface area contributed by atoms with Crippen LogP contribution in [0.5, 0.6) is 11.5 Å². The lowest BCUT2D eigenvalue weighted by atomic mass is 10.1. The average molecular weight is 475 g/mol. The highest BCUT2D eigenvalue weighted by Gasteiger charge is 2.18. The second-order valence-electron chi connectivity index (χ2n) is 7.77. The summed E-state index contributed by atoms with van der Waals surface area (Å²) in [6.45, 7) is 4.24. The minimum absolute atomic E-state index is 0.268. The molecule has 4 rings (SSSR count). The van der Waals surface area contributed by atoms with Gasteiger partial charge in [-0.3, -0.25) is 13.9 Å². The minimum Gasteiger partial charge on any atom is -0.497 e. The summed E-state index contributed by atoms with van der Waals surface area (Å²) in [5, 5.41) is 0. The summed E-state index contributed by atoms with van der Waals surface area (Å²) in [5.74, 6) is 0.907. The molecule has 180 valence electrons. The molecular formula is C26H26N4O5. The van der Waals surface area contributed by atoms with Gasteiger partial charge in [-0.2, -0.15) is 0 Å². The van der Waals surface area contributed by atoms with Crippen LogP contribution in [-0.2, 0) is 20.1 Å². The van der Waals surface area contributed by atoms with Crippen LogP contribution < -0.4 is 20.7 Å². The van der Waals surface area contributed by atoms with Gasteiger partial charge in [0.15, 0.2) is 11.2 Å². The summed E-state index contributed by atoms with van der Waals surface area (Å²) in [5.41, 5.74) is 0.915. The quantitative estimate of drug-likeness (QED) is 0.301. The van der Waals surface area contributed by atoms with Crippen LogP contribution in [0.3, 0.4) is 0 Å². The summed E-state index contributed by atoms with van der Waals surface area (Å²) in [7, 11) is 3.27. The maximum Gasteiger partial charge on any atom is 0.343 e. The Morgan fingerprint density at radius 2 is 1.71 bits per heavy atom. The van der Waals surface area contributed by atoms with Crippen LogP contribution in [0.2, 0.25) is 0 Å². The standard InChI is InChI=1S/C26H26N4O5/c1-5-29-23-22(24(31)30(6-2)26(29)33)28(3)21(27-23)15-12-18-16-19(34-4)13-14-20(18)35-25(32)17-10-8-7-9-11-17/h7-16H,5-6H2,1-4H3/b15-12+. The summed E-state index contributed by atoms with van der Waals surface area (Å²) in [6.07, 6.45) is 3.43. The molecule has 2 heterocycles. The molecule has 0 N–H and O–H groups in total. The Hall–Kier alpha value is -4.40. The molecule has 0 atom stereocenters. The van der Waals surface area contributed by atoms with Crippen LogP contribution in [0.15, 0.2) is 58.1 Å². The Morgan fingerprint density at radius 1 is 1.00 bits per heavy atom. The molecule has 0 saturated carbocycles. The van der Waals surface area contributed by atoms with Crippen LogP contribution in [0, 0.1) is 0 Å². The number of ether oxygens (including phenoxy) is 2. The van der Waals surface area contributed by atoms with Gasteiger partial charge in [-0.25, -0.2) is 14.6 Å². The van der Waals surface area contributed by atoms with Crippen molar-refractivity contribution < 1.29 is 14.3 Å². The summed E-state index contributed by atoms with van der Waals surface area (Å²) < 4.78 is 15.3. The molecule has 0 radical (unpaired) electrons. The van der Waals surface area contributed by atoms with Crippen molar-refractivity contribution in [2.75, 3.05) is 7.11 Å². The van der Waals surface area contributed by atoms with Gasteiger partial charge < -0.3 is 14.0 Å². The van der Waals surface area contributed by atoms with Crippen molar-refractivity contribution >= 4 is 29.3 Å². The normalized spacial score (nSPS) is 11.3. The molecule has 0 amide bonds. The molecule has 0 aliphatic carbocycles. The first kappa shape index (κ1) is 23.7. The zero-order valence-corrected chi connectivity index (χ0v) is 20.0. The molecule has 35 heavy (non-hydrogen) atoms. The molecule has 9 heteroatoms. The first-order valence-electron chi connectivity index (χ1n) is 11.2. The Labute approximate surface area is 201 Å². The summed E-state index contributed by atoms with van der Waals surface area (Å²) >= 11 is 0. The lowest BCUT2D eigenvalue weighted by Crippen LogP contribution is -2.39. The Kier molecular flexibility index (Phi) is 6.68. The van der Waals surface area contributed by atoms with Crippen molar-refractivity contribution in [3.63, 3.8) is 0 Å². The molecule has 0 unspecified atom stereocenters. The predicted octanol–water partition coefficient (Wildman–Crippen LogP) is 3.33. The Bertz CT molecular complexity index is 1540. The fourth-order valence-corrected chi connectivity index (χ4v) is 3.87. The van der Waals surface area contributed by atoms with E-state index in [1.54, 1.807) is 80.3 Å². The highest BCUT2D eigenvalue weighted by atomic mass is 16.5. The van der Waals surface area contributed by atoms with Crippen LogP contribution in [-0.4, -0.2) is 31.8 Å². The van der Waals surface area contributed by atoms with Crippen LogP contribution in [0.4, 0.5) is 0 Å². The van der Waals surface area contributed by atoms with Crippen LogP contribution in [0.1, 0.15) is 35.6 Å². The van der Waals surface area contributed by atoms with E-state index in [4.69, 9.17) is 9.47 Å². The van der Waals surface area contributed by atoms with Gasteiger partial charge in [0.25, 0.3) is 5.56 Å². The number of fused-ring (bicyclic) bond motifs is 1. The largest absolute Gasteiger partial charge is 0.497 e. The number of nitrogens with zero attached hydrogens (tertiary/aromatic N) is 4. The van der Waals surface area contributed by atoms with E-state index >= 15 is 0 Å². The predicted molar refractivity (Wildman–Crippen MR) is 134 cm³/mol. The minimum atomic E-state index is -0.486. The van der Waals surface area contributed by atoms with E-state index in [1.807, 2.05) is 13.0 Å². The second kappa shape index (κ2) is 9.84. The third-order valence-corrected chi connectivity index (χ3v) is 5.75. The molecule has 0 fully saturated rings. The van der Waals surface area contributed by atoms with Gasteiger partial charge in [0.2, 0.25) is 0 Å². The van der Waals surface area contributed by atoms with Gasteiger partial charge in [-0.1, -0.05) is 18.2 Å². The first-order valence-corrected chi connectivity index (χ1v) is 11.2. The average Bonchev–Trinajstić information content (AvgIpc) is 3.20. The third-order valence-electron chi connectivity index (χ3n) is 5.75. The van der Waals surface area contributed by atoms with E-state index in [0.717, 1.165) is 0 Å². The number of methoxy groups -OCH3 is 1. The van der Waals surface area contributed by atoms with E-state index in [2.05, 4.69) is 4.98 Å². The van der Waals surface area contributed by atoms with Crippen LogP contribution >= 0.6 is 0 Å². The number of hydrogen-bond donors (Lipinski definition) is 0. The molecule has 4 aromatic rings. The fraction of sp³-hybridized carbons (Fsp3) is 0.231.